The first kappa shape index (κ1) is 38.7. The van der Waals surface area contributed by atoms with E-state index in [2.05, 4.69) is 6.58 Å². The Labute approximate surface area is 257 Å². The number of allylic oxidation sites excluding steroid dienone is 12. The summed E-state index contributed by atoms with van der Waals surface area (Å²) in [6.45, 7) is 17.4. The normalized spacial score (nSPS) is 14.4. The van der Waals surface area contributed by atoms with E-state index in [4.69, 9.17) is 25.7 Å². The molecule has 0 spiro atoms. The van der Waals surface area contributed by atoms with Crippen molar-refractivity contribution in [3.8, 4) is 0 Å². The lowest BCUT2D eigenvalue weighted by molar-refractivity contribution is -0.139. The second-order valence-corrected chi connectivity index (χ2v) is 9.07. The molecule has 0 fully saturated rings. The van der Waals surface area contributed by atoms with Crippen LogP contribution in [0.5, 0.6) is 0 Å². The summed E-state index contributed by atoms with van der Waals surface area (Å²) in [5.74, 6) is -1.18. The van der Waals surface area contributed by atoms with Crippen LogP contribution in [0, 0.1) is 0 Å². The minimum atomic E-state index is -0.416. The second kappa shape index (κ2) is 22.3. The van der Waals surface area contributed by atoms with Gasteiger partial charge in [-0.05, 0) is 106 Å². The lowest BCUT2D eigenvalue weighted by Crippen LogP contribution is -2.08. The van der Waals surface area contributed by atoms with Gasteiger partial charge < -0.3 is 25.7 Å². The minimum Gasteiger partial charge on any atom is -0.463 e. The van der Waals surface area contributed by atoms with Crippen molar-refractivity contribution in [2.45, 2.75) is 74.1 Å². The SMILES string of the molecule is C=CC(=C\CC(=C\C(=C/N)\C=C(/CC)C(=O)OCC)/C(N)=C/C(=C\C)/C=C(\CC)C(=O)OCC)/C=C(\CC)C(=O)OCC. The summed E-state index contributed by atoms with van der Waals surface area (Å²) in [7, 11) is 0. The molecule has 8 nitrogen and oxygen atoms in total. The van der Waals surface area contributed by atoms with Gasteiger partial charge in [-0.25, -0.2) is 14.4 Å². The second-order valence-electron chi connectivity index (χ2n) is 9.07. The van der Waals surface area contributed by atoms with Crippen LogP contribution in [0.1, 0.15) is 74.1 Å². The van der Waals surface area contributed by atoms with Gasteiger partial charge in [0.25, 0.3) is 0 Å². The van der Waals surface area contributed by atoms with E-state index < -0.39 is 5.97 Å². The molecule has 8 heteroatoms. The number of carbonyl (C=O) groups is 3. The molecule has 0 bridgehead atoms. The molecule has 0 heterocycles. The molecule has 0 aliphatic carbocycles. The highest BCUT2D eigenvalue weighted by atomic mass is 16.5. The first-order valence-electron chi connectivity index (χ1n) is 14.8. The van der Waals surface area contributed by atoms with E-state index in [0.717, 1.165) is 0 Å². The average Bonchev–Trinajstić information content (AvgIpc) is 3.00. The number of hydrogen-bond acceptors (Lipinski definition) is 8. The van der Waals surface area contributed by atoms with Gasteiger partial charge in [0.2, 0.25) is 0 Å². The summed E-state index contributed by atoms with van der Waals surface area (Å²) in [5.41, 5.74) is 17.2. The monoisotopic (exact) mass is 594 g/mol. The van der Waals surface area contributed by atoms with Crippen LogP contribution in [0.3, 0.4) is 0 Å². The Bertz CT molecular complexity index is 1220. The van der Waals surface area contributed by atoms with Gasteiger partial charge >= 0.3 is 17.9 Å². The molecule has 0 radical (unpaired) electrons. The molecule has 0 atom stereocenters. The molecule has 0 unspecified atom stereocenters. The Kier molecular flexibility index (Phi) is 20.0. The third-order valence-electron chi connectivity index (χ3n) is 6.13. The van der Waals surface area contributed by atoms with E-state index in [1.54, 1.807) is 57.2 Å². The zero-order valence-electron chi connectivity index (χ0n) is 27.0. The van der Waals surface area contributed by atoms with Crippen molar-refractivity contribution in [2.24, 2.45) is 11.5 Å². The maximum atomic E-state index is 12.4. The lowest BCUT2D eigenvalue weighted by atomic mass is 9.99. The van der Waals surface area contributed by atoms with Crippen LogP contribution in [-0.4, -0.2) is 37.7 Å². The molecule has 236 valence electrons. The molecule has 0 aromatic rings. The average molecular weight is 595 g/mol. The molecule has 0 amide bonds. The van der Waals surface area contributed by atoms with Crippen molar-refractivity contribution < 1.29 is 28.6 Å². The molecular formula is C35H50N2O6. The molecule has 4 N–H and O–H groups in total. The van der Waals surface area contributed by atoms with Crippen molar-refractivity contribution in [3.63, 3.8) is 0 Å². The van der Waals surface area contributed by atoms with Crippen molar-refractivity contribution in [2.75, 3.05) is 19.8 Å². The number of ether oxygens (including phenoxy) is 3. The predicted molar refractivity (Wildman–Crippen MR) is 174 cm³/mol. The van der Waals surface area contributed by atoms with Crippen LogP contribution >= 0.6 is 0 Å². The molecule has 0 aromatic heterocycles. The predicted octanol–water partition coefficient (Wildman–Crippen LogP) is 6.75. The van der Waals surface area contributed by atoms with Gasteiger partial charge in [-0.3, -0.25) is 0 Å². The van der Waals surface area contributed by atoms with E-state index in [1.165, 1.54) is 6.20 Å². The summed E-state index contributed by atoms with van der Waals surface area (Å²) in [5, 5.41) is 0. The number of esters is 3. The van der Waals surface area contributed by atoms with Crippen LogP contribution < -0.4 is 11.5 Å². The van der Waals surface area contributed by atoms with E-state index >= 15 is 0 Å². The smallest absolute Gasteiger partial charge is 0.333 e. The quantitative estimate of drug-likeness (QED) is 0.0772. The van der Waals surface area contributed by atoms with Crippen LogP contribution in [0.15, 0.2) is 106 Å². The zero-order chi connectivity index (χ0) is 32.8. The molecule has 0 saturated heterocycles. The van der Waals surface area contributed by atoms with Crippen LogP contribution in [0.2, 0.25) is 0 Å². The molecule has 0 aliphatic heterocycles. The Hall–Kier alpha value is -4.33. The highest BCUT2D eigenvalue weighted by Crippen LogP contribution is 2.21. The third-order valence-corrected chi connectivity index (χ3v) is 6.13. The van der Waals surface area contributed by atoms with Gasteiger partial charge in [0, 0.05) is 28.6 Å². The van der Waals surface area contributed by atoms with Gasteiger partial charge in [0.05, 0.1) is 19.8 Å². The Morgan fingerprint density at radius 3 is 1.37 bits per heavy atom. The summed E-state index contributed by atoms with van der Waals surface area (Å²) >= 11 is 0. The van der Waals surface area contributed by atoms with E-state index in [9.17, 15) is 14.4 Å². The fraction of sp³-hybridized carbons (Fsp3) is 0.400. The van der Waals surface area contributed by atoms with Crippen LogP contribution in [0.25, 0.3) is 0 Å². The highest BCUT2D eigenvalue weighted by Gasteiger charge is 2.12. The summed E-state index contributed by atoms with van der Waals surface area (Å²) < 4.78 is 15.5. The van der Waals surface area contributed by atoms with Gasteiger partial charge in [-0.2, -0.15) is 0 Å². The van der Waals surface area contributed by atoms with Gasteiger partial charge in [-0.15, -0.1) is 0 Å². The van der Waals surface area contributed by atoms with E-state index in [-0.39, 0.29) is 31.8 Å². The van der Waals surface area contributed by atoms with Gasteiger partial charge in [-0.1, -0.05) is 45.6 Å². The van der Waals surface area contributed by atoms with Crippen molar-refractivity contribution in [1.29, 1.82) is 0 Å². The fourth-order valence-corrected chi connectivity index (χ4v) is 3.70. The van der Waals surface area contributed by atoms with Crippen molar-refractivity contribution in [3.05, 3.63) is 106 Å². The Balaban J connectivity index is 7.00. The maximum absolute atomic E-state index is 12.4. The Morgan fingerprint density at radius 2 is 1.02 bits per heavy atom. The third kappa shape index (κ3) is 14.4. The molecule has 43 heavy (non-hydrogen) atoms. The summed E-state index contributed by atoms with van der Waals surface area (Å²) in [4.78, 5) is 37.1. The van der Waals surface area contributed by atoms with E-state index in [1.807, 2.05) is 39.8 Å². The van der Waals surface area contributed by atoms with Gasteiger partial charge in [0.1, 0.15) is 0 Å². The summed E-state index contributed by atoms with van der Waals surface area (Å²) in [6, 6.07) is 0. The molecule has 0 saturated carbocycles. The first-order valence-corrected chi connectivity index (χ1v) is 14.8. The van der Waals surface area contributed by atoms with Crippen LogP contribution in [-0.2, 0) is 28.6 Å². The molecule has 0 aliphatic rings. The molecular weight excluding hydrogens is 544 g/mol. The minimum absolute atomic E-state index is 0.258. The Morgan fingerprint density at radius 1 is 0.628 bits per heavy atom. The number of nitrogens with two attached hydrogens (primary N) is 2. The molecule has 0 aromatic carbocycles. The van der Waals surface area contributed by atoms with Crippen molar-refractivity contribution in [1.82, 2.24) is 0 Å². The largest absolute Gasteiger partial charge is 0.463 e. The standard InChI is InChI=1S/C35H50N2O6/c1-9-25(19-28(11-3)33(38)41-14-6)17-18-31(22-27(24-36)21-30(13-5)35(40)43-16-8)32(37)23-26(10-2)20-29(12-4)34(39)42-15-7/h9-10,17,19-24H,1,11-16,18,36-37H2,2-8H3/b25-17+,26-10-,27-24-,28-19+,29-20+,30-21+,31-22+,32-23-. The van der Waals surface area contributed by atoms with Crippen LogP contribution in [0.4, 0.5) is 0 Å². The zero-order valence-corrected chi connectivity index (χ0v) is 27.0. The number of rotatable bonds is 18. The van der Waals surface area contributed by atoms with Gasteiger partial charge in [0.15, 0.2) is 0 Å². The number of carbonyl (C=O) groups excluding carboxylic acids is 3. The number of hydrogen-bond donors (Lipinski definition) is 2. The molecule has 0 rings (SSSR count). The summed E-state index contributed by atoms with van der Waals surface area (Å²) in [6.07, 6.45) is 17.3. The first-order chi connectivity index (χ1) is 20.6. The topological polar surface area (TPSA) is 131 Å². The van der Waals surface area contributed by atoms with Crippen molar-refractivity contribution >= 4 is 17.9 Å². The lowest BCUT2D eigenvalue weighted by Gasteiger charge is -2.11. The van der Waals surface area contributed by atoms with E-state index in [0.29, 0.717) is 70.4 Å². The highest BCUT2D eigenvalue weighted by molar-refractivity contribution is 5.90. The maximum Gasteiger partial charge on any atom is 0.333 e. The fourth-order valence-electron chi connectivity index (χ4n) is 3.70.